The standard InChI is InChI=1S/C14H23N5O2/c1-9(2)7-12-13(20)15-5-6-18(12)14(21)11-8-19(10(3)4)17-16-11/h8-10,12H,5-7H2,1-4H3,(H,15,20). The highest BCUT2D eigenvalue weighted by Gasteiger charge is 2.34. The molecule has 0 aliphatic carbocycles. The van der Waals surface area contributed by atoms with Crippen molar-refractivity contribution >= 4 is 11.8 Å². The number of piperazine rings is 1. The monoisotopic (exact) mass is 293 g/mol. The molecular weight excluding hydrogens is 270 g/mol. The van der Waals surface area contributed by atoms with Crippen LogP contribution in [0.2, 0.25) is 0 Å². The Morgan fingerprint density at radius 1 is 1.43 bits per heavy atom. The van der Waals surface area contributed by atoms with Gasteiger partial charge in [-0.25, -0.2) is 4.68 Å². The van der Waals surface area contributed by atoms with Gasteiger partial charge in [0.15, 0.2) is 5.69 Å². The minimum Gasteiger partial charge on any atom is -0.353 e. The SMILES string of the molecule is CC(C)CC1C(=O)NCCN1C(=O)c1cn(C(C)C)nn1. The molecule has 0 radical (unpaired) electrons. The van der Waals surface area contributed by atoms with Crippen LogP contribution in [0.1, 0.15) is 50.6 Å². The molecule has 0 saturated carbocycles. The zero-order chi connectivity index (χ0) is 15.6. The maximum atomic E-state index is 12.6. The first-order valence-electron chi connectivity index (χ1n) is 7.40. The van der Waals surface area contributed by atoms with E-state index < -0.39 is 6.04 Å². The van der Waals surface area contributed by atoms with Gasteiger partial charge in [-0.1, -0.05) is 19.1 Å². The quantitative estimate of drug-likeness (QED) is 0.892. The van der Waals surface area contributed by atoms with Gasteiger partial charge in [0.2, 0.25) is 5.91 Å². The average molecular weight is 293 g/mol. The predicted octanol–water partition coefficient (Wildman–Crippen LogP) is 0.846. The molecule has 116 valence electrons. The van der Waals surface area contributed by atoms with E-state index in [1.807, 2.05) is 27.7 Å². The smallest absolute Gasteiger partial charge is 0.276 e. The largest absolute Gasteiger partial charge is 0.353 e. The van der Waals surface area contributed by atoms with Crippen molar-refractivity contribution < 1.29 is 9.59 Å². The Hall–Kier alpha value is -1.92. The van der Waals surface area contributed by atoms with Gasteiger partial charge in [-0.2, -0.15) is 0 Å². The minimum atomic E-state index is -0.421. The summed E-state index contributed by atoms with van der Waals surface area (Å²) < 4.78 is 1.65. The molecule has 1 unspecified atom stereocenters. The summed E-state index contributed by atoms with van der Waals surface area (Å²) in [4.78, 5) is 26.3. The number of carbonyl (C=O) groups excluding carboxylic acids is 2. The van der Waals surface area contributed by atoms with Gasteiger partial charge in [0.25, 0.3) is 5.91 Å². The first-order valence-corrected chi connectivity index (χ1v) is 7.40. The van der Waals surface area contributed by atoms with Crippen molar-refractivity contribution in [1.82, 2.24) is 25.2 Å². The number of nitrogens with one attached hydrogen (secondary N) is 1. The number of aromatic nitrogens is 3. The van der Waals surface area contributed by atoms with E-state index in [1.165, 1.54) is 0 Å². The van der Waals surface area contributed by atoms with Gasteiger partial charge in [0.05, 0.1) is 6.20 Å². The lowest BCUT2D eigenvalue weighted by Gasteiger charge is -2.35. The summed E-state index contributed by atoms with van der Waals surface area (Å²) in [5.41, 5.74) is 0.298. The Balaban J connectivity index is 2.19. The van der Waals surface area contributed by atoms with E-state index in [0.717, 1.165) is 0 Å². The lowest BCUT2D eigenvalue weighted by molar-refractivity contribution is -0.128. The third-order valence-electron chi connectivity index (χ3n) is 3.54. The van der Waals surface area contributed by atoms with Crippen molar-refractivity contribution in [3.8, 4) is 0 Å². The van der Waals surface area contributed by atoms with Crippen LogP contribution in [0, 0.1) is 5.92 Å². The van der Waals surface area contributed by atoms with Crippen LogP contribution in [0.25, 0.3) is 0 Å². The van der Waals surface area contributed by atoms with Crippen LogP contribution in [0.15, 0.2) is 6.20 Å². The molecule has 1 saturated heterocycles. The minimum absolute atomic E-state index is 0.0837. The Morgan fingerprint density at radius 2 is 2.14 bits per heavy atom. The molecule has 1 aromatic rings. The fourth-order valence-corrected chi connectivity index (χ4v) is 2.41. The van der Waals surface area contributed by atoms with Crippen LogP contribution in [-0.4, -0.2) is 50.8 Å². The van der Waals surface area contributed by atoms with Gasteiger partial charge in [0.1, 0.15) is 6.04 Å². The second kappa shape index (κ2) is 6.24. The van der Waals surface area contributed by atoms with E-state index in [1.54, 1.807) is 15.8 Å². The molecule has 1 aromatic heterocycles. The number of hydrogen-bond acceptors (Lipinski definition) is 4. The van der Waals surface area contributed by atoms with Crippen LogP contribution in [0.4, 0.5) is 0 Å². The lowest BCUT2D eigenvalue weighted by Crippen LogP contribution is -2.57. The maximum absolute atomic E-state index is 12.6. The van der Waals surface area contributed by atoms with Crippen LogP contribution in [0.5, 0.6) is 0 Å². The molecule has 1 fully saturated rings. The van der Waals surface area contributed by atoms with E-state index in [0.29, 0.717) is 31.1 Å². The third kappa shape index (κ3) is 3.40. The summed E-state index contributed by atoms with van der Waals surface area (Å²) in [6.45, 7) is 9.02. The van der Waals surface area contributed by atoms with E-state index in [4.69, 9.17) is 0 Å². The van der Waals surface area contributed by atoms with Crippen LogP contribution in [-0.2, 0) is 4.79 Å². The second-order valence-electron chi connectivity index (χ2n) is 6.11. The Kier molecular flexibility index (Phi) is 4.59. The Morgan fingerprint density at radius 3 is 2.71 bits per heavy atom. The summed E-state index contributed by atoms with van der Waals surface area (Å²) in [7, 11) is 0. The van der Waals surface area contributed by atoms with Crippen molar-refractivity contribution in [3.63, 3.8) is 0 Å². The van der Waals surface area contributed by atoms with E-state index in [9.17, 15) is 9.59 Å². The molecule has 1 aliphatic rings. The molecule has 2 amide bonds. The van der Waals surface area contributed by atoms with Crippen LogP contribution in [0.3, 0.4) is 0 Å². The molecule has 2 rings (SSSR count). The maximum Gasteiger partial charge on any atom is 0.276 e. The summed E-state index contributed by atoms with van der Waals surface area (Å²) in [6.07, 6.45) is 2.29. The molecule has 0 spiro atoms. The Labute approximate surface area is 124 Å². The van der Waals surface area contributed by atoms with E-state index >= 15 is 0 Å². The number of hydrogen-bond donors (Lipinski definition) is 1. The number of amides is 2. The third-order valence-corrected chi connectivity index (χ3v) is 3.54. The summed E-state index contributed by atoms with van der Waals surface area (Å²) in [5, 5.41) is 10.7. The summed E-state index contributed by atoms with van der Waals surface area (Å²) in [6, 6.07) is -0.273. The van der Waals surface area contributed by atoms with Gasteiger partial charge < -0.3 is 10.2 Å². The van der Waals surface area contributed by atoms with Gasteiger partial charge >= 0.3 is 0 Å². The van der Waals surface area contributed by atoms with Crippen molar-refractivity contribution in [3.05, 3.63) is 11.9 Å². The van der Waals surface area contributed by atoms with Gasteiger partial charge in [-0.3, -0.25) is 9.59 Å². The highest BCUT2D eigenvalue weighted by Crippen LogP contribution is 2.17. The van der Waals surface area contributed by atoms with Crippen molar-refractivity contribution in [2.24, 2.45) is 5.92 Å². The molecule has 0 aromatic carbocycles. The molecule has 2 heterocycles. The first kappa shape index (κ1) is 15.5. The molecule has 7 heteroatoms. The molecule has 21 heavy (non-hydrogen) atoms. The average Bonchev–Trinajstić information content (AvgIpc) is 2.89. The molecule has 1 aliphatic heterocycles. The van der Waals surface area contributed by atoms with E-state index in [-0.39, 0.29) is 17.9 Å². The van der Waals surface area contributed by atoms with Crippen LogP contribution >= 0.6 is 0 Å². The zero-order valence-corrected chi connectivity index (χ0v) is 13.0. The van der Waals surface area contributed by atoms with Crippen molar-refractivity contribution in [2.45, 2.75) is 46.2 Å². The lowest BCUT2D eigenvalue weighted by atomic mass is 10.00. The summed E-state index contributed by atoms with van der Waals surface area (Å²) >= 11 is 0. The number of carbonyl (C=O) groups is 2. The van der Waals surface area contributed by atoms with E-state index in [2.05, 4.69) is 15.6 Å². The van der Waals surface area contributed by atoms with Gasteiger partial charge in [0, 0.05) is 19.1 Å². The van der Waals surface area contributed by atoms with Crippen molar-refractivity contribution in [2.75, 3.05) is 13.1 Å². The van der Waals surface area contributed by atoms with Gasteiger partial charge in [-0.05, 0) is 26.2 Å². The fourth-order valence-electron chi connectivity index (χ4n) is 2.41. The normalized spacial score (nSPS) is 19.2. The predicted molar refractivity (Wildman–Crippen MR) is 77.7 cm³/mol. The molecular formula is C14H23N5O2. The topological polar surface area (TPSA) is 80.1 Å². The molecule has 1 N–H and O–H groups in total. The number of nitrogens with zero attached hydrogens (tertiary/aromatic N) is 4. The first-order chi connectivity index (χ1) is 9.90. The highest BCUT2D eigenvalue weighted by molar-refractivity contribution is 5.96. The fraction of sp³-hybridized carbons (Fsp3) is 0.714. The van der Waals surface area contributed by atoms with Gasteiger partial charge in [-0.15, -0.1) is 5.10 Å². The second-order valence-corrected chi connectivity index (χ2v) is 6.11. The zero-order valence-electron chi connectivity index (χ0n) is 13.0. The summed E-state index contributed by atoms with van der Waals surface area (Å²) in [5.74, 6) is 0.0300. The molecule has 1 atom stereocenters. The Bertz CT molecular complexity index is 523. The molecule has 7 nitrogen and oxygen atoms in total. The molecule has 0 bridgehead atoms. The van der Waals surface area contributed by atoms with Crippen LogP contribution < -0.4 is 5.32 Å². The number of rotatable bonds is 4. The van der Waals surface area contributed by atoms with Crippen molar-refractivity contribution in [1.29, 1.82) is 0 Å². The highest BCUT2D eigenvalue weighted by atomic mass is 16.2.